The van der Waals surface area contributed by atoms with Crippen LogP contribution in [-0.2, 0) is 13.2 Å². The van der Waals surface area contributed by atoms with Crippen LogP contribution in [0.5, 0.6) is 11.5 Å². The first-order valence-corrected chi connectivity index (χ1v) is 7.12. The fourth-order valence-corrected chi connectivity index (χ4v) is 1.91. The monoisotopic (exact) mass is 286 g/mol. The smallest absolute Gasteiger partial charge is 0.130 e. The van der Waals surface area contributed by atoms with E-state index >= 15 is 0 Å². The number of pyridine rings is 1. The zero-order valence-electron chi connectivity index (χ0n) is 12.8. The van der Waals surface area contributed by atoms with Gasteiger partial charge in [0, 0.05) is 24.3 Å². The maximum Gasteiger partial charge on any atom is 0.130 e. The van der Waals surface area contributed by atoms with Gasteiger partial charge in [0.05, 0.1) is 12.8 Å². The van der Waals surface area contributed by atoms with E-state index < -0.39 is 0 Å². The van der Waals surface area contributed by atoms with E-state index in [2.05, 4.69) is 24.1 Å². The highest BCUT2D eigenvalue weighted by Gasteiger charge is 2.07. The van der Waals surface area contributed by atoms with Crippen LogP contribution in [0.1, 0.15) is 25.1 Å². The molecule has 0 bridgehead atoms. The van der Waals surface area contributed by atoms with Crippen molar-refractivity contribution in [1.29, 1.82) is 0 Å². The third-order valence-electron chi connectivity index (χ3n) is 3.07. The van der Waals surface area contributed by atoms with Crippen molar-refractivity contribution in [3.05, 3.63) is 53.9 Å². The Kier molecular flexibility index (Phi) is 5.58. The number of nitrogens with one attached hydrogen (secondary N) is 1. The van der Waals surface area contributed by atoms with Gasteiger partial charge in [0.2, 0.25) is 0 Å². The molecule has 1 heterocycles. The van der Waals surface area contributed by atoms with Gasteiger partial charge in [-0.3, -0.25) is 4.98 Å². The number of hydrogen-bond donors (Lipinski definition) is 1. The number of aromatic nitrogens is 1. The molecule has 0 spiro atoms. The molecular formula is C17H22N2O2. The Morgan fingerprint density at radius 3 is 2.71 bits per heavy atom. The molecule has 0 unspecified atom stereocenters. The highest BCUT2D eigenvalue weighted by atomic mass is 16.5. The standard InChI is InChI=1S/C17H22N2O2/c1-13(2)19-11-14-10-16(20-3)7-8-17(14)21-12-15-6-4-5-9-18-15/h4-10,13,19H,11-12H2,1-3H3. The normalized spacial score (nSPS) is 10.7. The second kappa shape index (κ2) is 7.64. The van der Waals surface area contributed by atoms with Gasteiger partial charge in [0.1, 0.15) is 18.1 Å². The maximum atomic E-state index is 5.90. The van der Waals surface area contributed by atoms with Crippen molar-refractivity contribution in [3.63, 3.8) is 0 Å². The highest BCUT2D eigenvalue weighted by Crippen LogP contribution is 2.25. The van der Waals surface area contributed by atoms with Crippen LogP contribution in [0.3, 0.4) is 0 Å². The van der Waals surface area contributed by atoms with Crippen LogP contribution < -0.4 is 14.8 Å². The summed E-state index contributed by atoms with van der Waals surface area (Å²) in [6, 6.07) is 12.1. The van der Waals surface area contributed by atoms with Gasteiger partial charge in [-0.05, 0) is 30.3 Å². The summed E-state index contributed by atoms with van der Waals surface area (Å²) >= 11 is 0. The van der Waals surface area contributed by atoms with Gasteiger partial charge in [-0.2, -0.15) is 0 Å². The lowest BCUT2D eigenvalue weighted by Gasteiger charge is -2.15. The fourth-order valence-electron chi connectivity index (χ4n) is 1.91. The lowest BCUT2D eigenvalue weighted by Crippen LogP contribution is -2.22. The SMILES string of the molecule is COc1ccc(OCc2ccccn2)c(CNC(C)C)c1. The molecule has 0 saturated carbocycles. The number of hydrogen-bond acceptors (Lipinski definition) is 4. The van der Waals surface area contributed by atoms with Gasteiger partial charge in [0.25, 0.3) is 0 Å². The molecule has 0 radical (unpaired) electrons. The van der Waals surface area contributed by atoms with Crippen molar-refractivity contribution in [2.75, 3.05) is 7.11 Å². The molecule has 0 aliphatic rings. The molecule has 2 rings (SSSR count). The van der Waals surface area contributed by atoms with Gasteiger partial charge in [0.15, 0.2) is 0 Å². The molecule has 0 amide bonds. The Morgan fingerprint density at radius 2 is 2.05 bits per heavy atom. The predicted molar refractivity (Wildman–Crippen MR) is 83.5 cm³/mol. The summed E-state index contributed by atoms with van der Waals surface area (Å²) in [5.74, 6) is 1.69. The predicted octanol–water partition coefficient (Wildman–Crippen LogP) is 3.17. The van der Waals surface area contributed by atoms with Crippen molar-refractivity contribution >= 4 is 0 Å². The average Bonchev–Trinajstić information content (AvgIpc) is 2.52. The van der Waals surface area contributed by atoms with E-state index in [0.717, 1.165) is 29.3 Å². The number of nitrogens with zero attached hydrogens (tertiary/aromatic N) is 1. The summed E-state index contributed by atoms with van der Waals surface area (Å²) in [4.78, 5) is 4.27. The minimum absolute atomic E-state index is 0.417. The van der Waals surface area contributed by atoms with Crippen molar-refractivity contribution in [1.82, 2.24) is 10.3 Å². The van der Waals surface area contributed by atoms with Crippen LogP contribution in [0.15, 0.2) is 42.6 Å². The van der Waals surface area contributed by atoms with Gasteiger partial charge in [-0.25, -0.2) is 0 Å². The van der Waals surface area contributed by atoms with E-state index in [-0.39, 0.29) is 0 Å². The largest absolute Gasteiger partial charge is 0.497 e. The van der Waals surface area contributed by atoms with E-state index in [4.69, 9.17) is 9.47 Å². The van der Waals surface area contributed by atoms with Gasteiger partial charge in [-0.15, -0.1) is 0 Å². The van der Waals surface area contributed by atoms with E-state index in [1.807, 2.05) is 36.4 Å². The summed E-state index contributed by atoms with van der Waals surface area (Å²) in [5, 5.41) is 3.40. The second-order valence-corrected chi connectivity index (χ2v) is 5.12. The summed E-state index contributed by atoms with van der Waals surface area (Å²) in [5.41, 5.74) is 2.00. The third-order valence-corrected chi connectivity index (χ3v) is 3.07. The first-order chi connectivity index (χ1) is 10.2. The first kappa shape index (κ1) is 15.3. The van der Waals surface area contributed by atoms with Crippen molar-refractivity contribution in [3.8, 4) is 11.5 Å². The van der Waals surface area contributed by atoms with Gasteiger partial charge < -0.3 is 14.8 Å². The molecule has 1 aromatic carbocycles. The molecule has 0 aliphatic heterocycles. The molecule has 0 atom stereocenters. The third kappa shape index (κ3) is 4.76. The van der Waals surface area contributed by atoms with Crippen molar-refractivity contribution in [2.45, 2.75) is 33.0 Å². The Morgan fingerprint density at radius 1 is 1.19 bits per heavy atom. The lowest BCUT2D eigenvalue weighted by molar-refractivity contribution is 0.296. The lowest BCUT2D eigenvalue weighted by atomic mass is 10.1. The molecule has 4 nitrogen and oxygen atoms in total. The first-order valence-electron chi connectivity index (χ1n) is 7.12. The molecule has 1 aromatic heterocycles. The number of ether oxygens (including phenoxy) is 2. The maximum absolute atomic E-state index is 5.90. The summed E-state index contributed by atoms with van der Waals surface area (Å²) < 4.78 is 11.2. The molecule has 112 valence electrons. The van der Waals surface area contributed by atoms with E-state index in [1.54, 1.807) is 13.3 Å². The van der Waals surface area contributed by atoms with E-state index in [1.165, 1.54) is 0 Å². The summed E-state index contributed by atoms with van der Waals surface area (Å²) in [6.45, 7) is 5.44. The minimum atomic E-state index is 0.417. The zero-order chi connectivity index (χ0) is 15.1. The quantitative estimate of drug-likeness (QED) is 0.849. The Balaban J connectivity index is 2.09. The van der Waals surface area contributed by atoms with Crippen LogP contribution in [0, 0.1) is 0 Å². The molecule has 4 heteroatoms. The number of rotatable bonds is 7. The fraction of sp³-hybridized carbons (Fsp3) is 0.353. The van der Waals surface area contributed by atoms with Crippen LogP contribution in [0.4, 0.5) is 0 Å². The second-order valence-electron chi connectivity index (χ2n) is 5.12. The average molecular weight is 286 g/mol. The van der Waals surface area contributed by atoms with Crippen molar-refractivity contribution in [2.24, 2.45) is 0 Å². The number of benzene rings is 1. The number of methoxy groups -OCH3 is 1. The van der Waals surface area contributed by atoms with Crippen molar-refractivity contribution < 1.29 is 9.47 Å². The molecule has 0 saturated heterocycles. The van der Waals surface area contributed by atoms with Crippen LogP contribution in [0.2, 0.25) is 0 Å². The van der Waals surface area contributed by atoms with E-state index in [0.29, 0.717) is 12.6 Å². The minimum Gasteiger partial charge on any atom is -0.497 e. The molecule has 1 N–H and O–H groups in total. The van der Waals surface area contributed by atoms with Crippen LogP contribution >= 0.6 is 0 Å². The van der Waals surface area contributed by atoms with E-state index in [9.17, 15) is 0 Å². The molecule has 0 aliphatic carbocycles. The van der Waals surface area contributed by atoms with Crippen LogP contribution in [0.25, 0.3) is 0 Å². The van der Waals surface area contributed by atoms with Crippen LogP contribution in [-0.4, -0.2) is 18.1 Å². The highest BCUT2D eigenvalue weighted by molar-refractivity contribution is 5.40. The zero-order valence-corrected chi connectivity index (χ0v) is 12.8. The molecule has 2 aromatic rings. The Bertz CT molecular complexity index is 556. The van der Waals surface area contributed by atoms with Gasteiger partial charge >= 0.3 is 0 Å². The summed E-state index contributed by atoms with van der Waals surface area (Å²) in [6.07, 6.45) is 1.77. The van der Waals surface area contributed by atoms with Gasteiger partial charge in [-0.1, -0.05) is 19.9 Å². The Labute approximate surface area is 126 Å². The topological polar surface area (TPSA) is 43.4 Å². The molecular weight excluding hydrogens is 264 g/mol. The molecule has 0 fully saturated rings. The Hall–Kier alpha value is -2.07. The summed E-state index contributed by atoms with van der Waals surface area (Å²) in [7, 11) is 1.67. The molecule has 21 heavy (non-hydrogen) atoms.